The number of carboxylic acids is 1. The van der Waals surface area contributed by atoms with Crippen LogP contribution in [0.4, 0.5) is 4.79 Å². The lowest BCUT2D eigenvalue weighted by Crippen LogP contribution is -2.42. The standard InChI is InChI=1S/C19H20N2O6/c1-21(18(24)13-7-4-3-5-8-13)19(25)20-12-27-16-10-6-9-15(26-2)14(16)11-17(22)23/h3-10H,11-12H2,1-2H3,(H,20,25)(H,22,23). The zero-order valence-corrected chi connectivity index (χ0v) is 15.0. The molecule has 0 atom stereocenters. The fourth-order valence-corrected chi connectivity index (χ4v) is 2.36. The number of methoxy groups -OCH3 is 1. The minimum absolute atomic E-state index is 0.245. The molecule has 2 aromatic rings. The van der Waals surface area contributed by atoms with Crippen molar-refractivity contribution in [2.45, 2.75) is 6.42 Å². The molecular weight excluding hydrogens is 352 g/mol. The maximum absolute atomic E-state index is 12.2. The van der Waals surface area contributed by atoms with Gasteiger partial charge >= 0.3 is 12.0 Å². The van der Waals surface area contributed by atoms with Crippen LogP contribution in [0, 0.1) is 0 Å². The first-order valence-electron chi connectivity index (χ1n) is 8.05. The number of ether oxygens (including phenoxy) is 2. The number of nitrogens with one attached hydrogen (secondary N) is 1. The largest absolute Gasteiger partial charge is 0.496 e. The number of carbonyl (C=O) groups excluding carboxylic acids is 2. The summed E-state index contributed by atoms with van der Waals surface area (Å²) in [4.78, 5) is 36.3. The van der Waals surface area contributed by atoms with E-state index in [4.69, 9.17) is 14.6 Å². The number of carbonyl (C=O) groups is 3. The molecule has 0 aliphatic rings. The van der Waals surface area contributed by atoms with E-state index in [9.17, 15) is 14.4 Å². The van der Waals surface area contributed by atoms with Gasteiger partial charge in [-0.05, 0) is 24.3 Å². The van der Waals surface area contributed by atoms with Crippen LogP contribution in [0.2, 0.25) is 0 Å². The molecule has 0 aromatic heterocycles. The van der Waals surface area contributed by atoms with Gasteiger partial charge in [0.1, 0.15) is 11.5 Å². The van der Waals surface area contributed by atoms with Gasteiger partial charge in [0.05, 0.1) is 13.5 Å². The number of imide groups is 1. The number of hydrogen-bond acceptors (Lipinski definition) is 5. The van der Waals surface area contributed by atoms with Crippen molar-refractivity contribution in [3.05, 3.63) is 59.7 Å². The number of rotatable bonds is 7. The molecule has 0 fully saturated rings. The predicted octanol–water partition coefficient (Wildman–Crippen LogP) is 2.14. The molecule has 27 heavy (non-hydrogen) atoms. The Morgan fingerprint density at radius 2 is 1.70 bits per heavy atom. The third-order valence-corrected chi connectivity index (χ3v) is 3.72. The molecule has 0 aliphatic heterocycles. The highest BCUT2D eigenvalue weighted by molar-refractivity contribution is 6.03. The van der Waals surface area contributed by atoms with Crippen LogP contribution < -0.4 is 14.8 Å². The molecule has 0 bridgehead atoms. The number of aliphatic carboxylic acids is 1. The molecule has 8 heteroatoms. The van der Waals surface area contributed by atoms with Gasteiger partial charge in [0, 0.05) is 18.2 Å². The monoisotopic (exact) mass is 372 g/mol. The Balaban J connectivity index is 1.98. The Labute approximate surface area is 156 Å². The highest BCUT2D eigenvalue weighted by Crippen LogP contribution is 2.28. The van der Waals surface area contributed by atoms with Crippen LogP contribution in [0.3, 0.4) is 0 Å². The van der Waals surface area contributed by atoms with E-state index in [1.807, 2.05) is 0 Å². The molecule has 2 aromatic carbocycles. The smallest absolute Gasteiger partial charge is 0.326 e. The van der Waals surface area contributed by atoms with Crippen molar-refractivity contribution in [1.29, 1.82) is 0 Å². The van der Waals surface area contributed by atoms with Crippen molar-refractivity contribution in [2.24, 2.45) is 0 Å². The number of benzene rings is 2. The van der Waals surface area contributed by atoms with E-state index >= 15 is 0 Å². The van der Waals surface area contributed by atoms with Crippen molar-refractivity contribution in [2.75, 3.05) is 20.9 Å². The van der Waals surface area contributed by atoms with Crippen LogP contribution in [0.25, 0.3) is 0 Å². The highest BCUT2D eigenvalue weighted by atomic mass is 16.5. The van der Waals surface area contributed by atoms with Gasteiger partial charge in [-0.2, -0.15) is 0 Å². The second kappa shape index (κ2) is 9.23. The zero-order chi connectivity index (χ0) is 19.8. The van der Waals surface area contributed by atoms with E-state index in [0.29, 0.717) is 16.9 Å². The van der Waals surface area contributed by atoms with Crippen LogP contribution in [0.5, 0.6) is 11.5 Å². The average Bonchev–Trinajstić information content (AvgIpc) is 2.68. The first-order chi connectivity index (χ1) is 12.9. The molecule has 2 rings (SSSR count). The minimum Gasteiger partial charge on any atom is -0.496 e. The van der Waals surface area contributed by atoms with Gasteiger partial charge in [-0.3, -0.25) is 14.5 Å². The third-order valence-electron chi connectivity index (χ3n) is 3.72. The highest BCUT2D eigenvalue weighted by Gasteiger charge is 2.19. The Kier molecular flexibility index (Phi) is 6.76. The second-order valence-corrected chi connectivity index (χ2v) is 5.51. The molecule has 0 heterocycles. The molecule has 0 saturated heterocycles. The van der Waals surface area contributed by atoms with E-state index < -0.39 is 17.9 Å². The molecule has 2 N–H and O–H groups in total. The van der Waals surface area contributed by atoms with Gasteiger partial charge in [0.15, 0.2) is 6.73 Å². The SMILES string of the molecule is COc1cccc(OCNC(=O)N(C)C(=O)c2ccccc2)c1CC(=O)O. The van der Waals surface area contributed by atoms with Gasteiger partial charge in [-0.1, -0.05) is 24.3 Å². The number of nitrogens with zero attached hydrogens (tertiary/aromatic N) is 1. The van der Waals surface area contributed by atoms with E-state index in [2.05, 4.69) is 5.32 Å². The van der Waals surface area contributed by atoms with Crippen LogP contribution in [0.15, 0.2) is 48.5 Å². The summed E-state index contributed by atoms with van der Waals surface area (Å²) in [6.07, 6.45) is -0.292. The molecule has 0 spiro atoms. The zero-order valence-electron chi connectivity index (χ0n) is 15.0. The van der Waals surface area contributed by atoms with Gasteiger partial charge in [-0.15, -0.1) is 0 Å². The molecule has 0 aliphatic carbocycles. The van der Waals surface area contributed by atoms with Gasteiger partial charge in [0.25, 0.3) is 5.91 Å². The Morgan fingerprint density at radius 3 is 2.33 bits per heavy atom. The molecule has 0 unspecified atom stereocenters. The van der Waals surface area contributed by atoms with Crippen LogP contribution in [-0.2, 0) is 11.2 Å². The normalized spacial score (nSPS) is 10.0. The molecule has 142 valence electrons. The molecule has 0 saturated carbocycles. The van der Waals surface area contributed by atoms with E-state index in [1.54, 1.807) is 48.5 Å². The Bertz CT molecular complexity index is 822. The summed E-state index contributed by atoms with van der Waals surface area (Å²) in [5.41, 5.74) is 0.739. The summed E-state index contributed by atoms with van der Waals surface area (Å²) in [6.45, 7) is -0.245. The van der Waals surface area contributed by atoms with E-state index in [0.717, 1.165) is 4.90 Å². The summed E-state index contributed by atoms with van der Waals surface area (Å²) in [5.74, 6) is -0.852. The van der Waals surface area contributed by atoms with Crippen molar-refractivity contribution < 1.29 is 29.0 Å². The summed E-state index contributed by atoms with van der Waals surface area (Å²) >= 11 is 0. The maximum Gasteiger partial charge on any atom is 0.326 e. The lowest BCUT2D eigenvalue weighted by molar-refractivity contribution is -0.136. The van der Waals surface area contributed by atoms with Crippen LogP contribution in [0.1, 0.15) is 15.9 Å². The number of hydrogen-bond donors (Lipinski definition) is 2. The Hall–Kier alpha value is -3.55. The summed E-state index contributed by atoms with van der Waals surface area (Å²) in [6, 6.07) is 12.6. The summed E-state index contributed by atoms with van der Waals surface area (Å²) < 4.78 is 10.6. The fraction of sp³-hybridized carbons (Fsp3) is 0.211. The molecular formula is C19H20N2O6. The lowest BCUT2D eigenvalue weighted by Gasteiger charge is -2.18. The van der Waals surface area contributed by atoms with Crippen molar-refractivity contribution >= 4 is 17.9 Å². The van der Waals surface area contributed by atoms with Crippen molar-refractivity contribution in [1.82, 2.24) is 10.2 Å². The predicted molar refractivity (Wildman–Crippen MR) is 96.9 cm³/mol. The summed E-state index contributed by atoms with van der Waals surface area (Å²) in [5, 5.41) is 11.5. The lowest BCUT2D eigenvalue weighted by atomic mass is 10.1. The Morgan fingerprint density at radius 1 is 1.04 bits per heavy atom. The number of carboxylic acid groups (broad SMARTS) is 1. The molecule has 8 nitrogen and oxygen atoms in total. The van der Waals surface area contributed by atoms with Crippen molar-refractivity contribution in [3.8, 4) is 11.5 Å². The number of amides is 3. The number of urea groups is 1. The van der Waals surface area contributed by atoms with E-state index in [1.165, 1.54) is 14.2 Å². The van der Waals surface area contributed by atoms with E-state index in [-0.39, 0.29) is 18.9 Å². The first kappa shape index (κ1) is 19.8. The quantitative estimate of drug-likeness (QED) is 0.722. The molecule has 0 radical (unpaired) electrons. The maximum atomic E-state index is 12.2. The average molecular weight is 372 g/mol. The van der Waals surface area contributed by atoms with Crippen LogP contribution >= 0.6 is 0 Å². The van der Waals surface area contributed by atoms with Crippen LogP contribution in [-0.4, -0.2) is 48.8 Å². The van der Waals surface area contributed by atoms with Gasteiger partial charge < -0.3 is 19.9 Å². The van der Waals surface area contributed by atoms with Gasteiger partial charge in [0.2, 0.25) is 0 Å². The summed E-state index contributed by atoms with van der Waals surface area (Å²) in [7, 11) is 2.78. The molecule has 3 amide bonds. The topological polar surface area (TPSA) is 105 Å². The first-order valence-corrected chi connectivity index (χ1v) is 8.05. The van der Waals surface area contributed by atoms with Gasteiger partial charge in [-0.25, -0.2) is 4.79 Å². The van der Waals surface area contributed by atoms with Crippen molar-refractivity contribution in [3.63, 3.8) is 0 Å². The fourth-order valence-electron chi connectivity index (χ4n) is 2.36. The third kappa shape index (κ3) is 5.21. The minimum atomic E-state index is -1.04. The second-order valence-electron chi connectivity index (χ2n) is 5.51.